The molecular formula is C16H24FNO. The lowest BCUT2D eigenvalue weighted by Gasteiger charge is -2.35. The number of nitrogens with zero attached hydrogens (tertiary/aromatic N) is 1. The van der Waals surface area contributed by atoms with Crippen LogP contribution in [0.3, 0.4) is 0 Å². The second-order valence-corrected chi connectivity index (χ2v) is 5.46. The van der Waals surface area contributed by atoms with Gasteiger partial charge in [0.2, 0.25) is 0 Å². The van der Waals surface area contributed by atoms with Crippen molar-refractivity contribution in [2.24, 2.45) is 0 Å². The Hall–Kier alpha value is -1.09. The predicted octanol–water partition coefficient (Wildman–Crippen LogP) is 4.04. The van der Waals surface area contributed by atoms with Gasteiger partial charge in [0.15, 0.2) is 0 Å². The summed E-state index contributed by atoms with van der Waals surface area (Å²) in [6.45, 7) is 4.57. The van der Waals surface area contributed by atoms with Crippen LogP contribution in [0.4, 0.5) is 10.1 Å². The van der Waals surface area contributed by atoms with Gasteiger partial charge in [-0.2, -0.15) is 0 Å². The van der Waals surface area contributed by atoms with E-state index in [1.165, 1.54) is 25.3 Å². The smallest absolute Gasteiger partial charge is 0.146 e. The molecule has 0 bridgehead atoms. The molecule has 0 amide bonds. The first kappa shape index (κ1) is 14.3. The van der Waals surface area contributed by atoms with Gasteiger partial charge in [0.25, 0.3) is 0 Å². The summed E-state index contributed by atoms with van der Waals surface area (Å²) >= 11 is 0. The molecule has 1 aliphatic rings. The Labute approximate surface area is 115 Å². The van der Waals surface area contributed by atoms with Gasteiger partial charge in [-0.25, -0.2) is 4.39 Å². The molecule has 3 heteroatoms. The van der Waals surface area contributed by atoms with Crippen LogP contribution in [0.1, 0.15) is 57.6 Å². The van der Waals surface area contributed by atoms with Gasteiger partial charge in [-0.3, -0.25) is 0 Å². The van der Waals surface area contributed by atoms with E-state index in [4.69, 9.17) is 0 Å². The summed E-state index contributed by atoms with van der Waals surface area (Å²) in [5.41, 5.74) is 1.32. The number of hydrogen-bond acceptors (Lipinski definition) is 2. The summed E-state index contributed by atoms with van der Waals surface area (Å²) in [5, 5.41) is 9.50. The average molecular weight is 265 g/mol. The first-order chi connectivity index (χ1) is 9.13. The molecule has 0 radical (unpaired) electrons. The third-order valence-electron chi connectivity index (χ3n) is 4.12. The number of aliphatic hydroxyl groups is 1. The van der Waals surface area contributed by atoms with E-state index in [0.717, 1.165) is 19.4 Å². The molecule has 1 aliphatic carbocycles. The van der Waals surface area contributed by atoms with Crippen LogP contribution in [0.15, 0.2) is 18.2 Å². The fraction of sp³-hybridized carbons (Fsp3) is 0.625. The van der Waals surface area contributed by atoms with E-state index in [1.807, 2.05) is 12.1 Å². The predicted molar refractivity (Wildman–Crippen MR) is 76.9 cm³/mol. The molecule has 2 rings (SSSR count). The van der Waals surface area contributed by atoms with E-state index < -0.39 is 6.10 Å². The van der Waals surface area contributed by atoms with Crippen LogP contribution in [0, 0.1) is 5.82 Å². The Morgan fingerprint density at radius 3 is 2.53 bits per heavy atom. The lowest BCUT2D eigenvalue weighted by atomic mass is 9.93. The minimum absolute atomic E-state index is 0.217. The van der Waals surface area contributed by atoms with E-state index in [1.54, 1.807) is 6.92 Å². The molecule has 2 nitrogen and oxygen atoms in total. The van der Waals surface area contributed by atoms with Crippen molar-refractivity contribution in [3.8, 4) is 0 Å². The van der Waals surface area contributed by atoms with Gasteiger partial charge in [0, 0.05) is 12.6 Å². The van der Waals surface area contributed by atoms with Crippen molar-refractivity contribution in [2.45, 2.75) is 58.1 Å². The fourth-order valence-corrected chi connectivity index (χ4v) is 3.03. The second-order valence-electron chi connectivity index (χ2n) is 5.46. The van der Waals surface area contributed by atoms with E-state index in [2.05, 4.69) is 11.8 Å². The van der Waals surface area contributed by atoms with Crippen molar-refractivity contribution < 1.29 is 9.50 Å². The third-order valence-corrected chi connectivity index (χ3v) is 4.12. The van der Waals surface area contributed by atoms with Crippen molar-refractivity contribution in [1.29, 1.82) is 0 Å². The van der Waals surface area contributed by atoms with Crippen LogP contribution >= 0.6 is 0 Å². The van der Waals surface area contributed by atoms with Crippen molar-refractivity contribution >= 4 is 5.69 Å². The molecule has 19 heavy (non-hydrogen) atoms. The summed E-state index contributed by atoms with van der Waals surface area (Å²) in [6.07, 6.45) is 5.49. The van der Waals surface area contributed by atoms with Crippen molar-refractivity contribution in [1.82, 2.24) is 0 Å². The molecule has 1 aromatic carbocycles. The lowest BCUT2D eigenvalue weighted by molar-refractivity contribution is 0.199. The lowest BCUT2D eigenvalue weighted by Crippen LogP contribution is -2.37. The maximum Gasteiger partial charge on any atom is 0.146 e. The largest absolute Gasteiger partial charge is 0.389 e. The Balaban J connectivity index is 2.22. The molecule has 0 heterocycles. The molecule has 0 aromatic heterocycles. The van der Waals surface area contributed by atoms with Crippen LogP contribution in [0.5, 0.6) is 0 Å². The minimum atomic E-state index is -0.617. The number of anilines is 1. The zero-order valence-corrected chi connectivity index (χ0v) is 11.9. The molecule has 0 spiro atoms. The molecule has 0 aliphatic heterocycles. The maximum absolute atomic E-state index is 14.2. The van der Waals surface area contributed by atoms with Crippen LogP contribution in [0.25, 0.3) is 0 Å². The SMILES string of the molecule is CCN(c1ccc(C(C)O)cc1F)C1CCCCC1. The highest BCUT2D eigenvalue weighted by atomic mass is 19.1. The zero-order chi connectivity index (χ0) is 13.8. The second kappa shape index (κ2) is 6.38. The number of aliphatic hydroxyl groups excluding tert-OH is 1. The van der Waals surface area contributed by atoms with Crippen molar-refractivity contribution in [3.63, 3.8) is 0 Å². The third kappa shape index (κ3) is 3.27. The van der Waals surface area contributed by atoms with Gasteiger partial charge < -0.3 is 10.0 Å². The van der Waals surface area contributed by atoms with Crippen LogP contribution < -0.4 is 4.90 Å². The van der Waals surface area contributed by atoms with Gasteiger partial charge >= 0.3 is 0 Å². The van der Waals surface area contributed by atoms with E-state index in [-0.39, 0.29) is 5.82 Å². The summed E-state index contributed by atoms with van der Waals surface area (Å²) in [4.78, 5) is 2.18. The highest BCUT2D eigenvalue weighted by Gasteiger charge is 2.22. The average Bonchev–Trinajstić information content (AvgIpc) is 2.42. The Bertz CT molecular complexity index is 413. The first-order valence-electron chi connectivity index (χ1n) is 7.37. The summed E-state index contributed by atoms with van der Waals surface area (Å²) in [6, 6.07) is 5.57. The fourth-order valence-electron chi connectivity index (χ4n) is 3.03. The molecule has 1 fully saturated rings. The molecule has 0 saturated heterocycles. The van der Waals surface area contributed by atoms with Crippen molar-refractivity contribution in [3.05, 3.63) is 29.6 Å². The Kier molecular flexibility index (Phi) is 4.81. The molecular weight excluding hydrogens is 241 g/mol. The van der Waals surface area contributed by atoms with Gasteiger partial charge in [0.1, 0.15) is 5.82 Å². The molecule has 1 unspecified atom stereocenters. The zero-order valence-electron chi connectivity index (χ0n) is 11.9. The number of halogens is 1. The monoisotopic (exact) mass is 265 g/mol. The molecule has 1 aromatic rings. The number of hydrogen-bond donors (Lipinski definition) is 1. The highest BCUT2D eigenvalue weighted by Crippen LogP contribution is 2.30. The number of benzene rings is 1. The minimum Gasteiger partial charge on any atom is -0.389 e. The van der Waals surface area contributed by atoms with Crippen LogP contribution in [0.2, 0.25) is 0 Å². The maximum atomic E-state index is 14.2. The highest BCUT2D eigenvalue weighted by molar-refractivity contribution is 5.50. The number of rotatable bonds is 4. The first-order valence-corrected chi connectivity index (χ1v) is 7.37. The summed E-state index contributed by atoms with van der Waals surface area (Å²) in [7, 11) is 0. The summed E-state index contributed by atoms with van der Waals surface area (Å²) < 4.78 is 14.2. The van der Waals surface area contributed by atoms with E-state index in [0.29, 0.717) is 17.3 Å². The van der Waals surface area contributed by atoms with Gasteiger partial charge in [-0.1, -0.05) is 25.3 Å². The quantitative estimate of drug-likeness (QED) is 0.888. The normalized spacial score (nSPS) is 18.3. The molecule has 1 N–H and O–H groups in total. The van der Waals surface area contributed by atoms with Crippen LogP contribution in [-0.2, 0) is 0 Å². The Morgan fingerprint density at radius 2 is 2.00 bits per heavy atom. The van der Waals surface area contributed by atoms with Crippen molar-refractivity contribution in [2.75, 3.05) is 11.4 Å². The molecule has 1 atom stereocenters. The Morgan fingerprint density at radius 1 is 1.32 bits per heavy atom. The van der Waals surface area contributed by atoms with Gasteiger partial charge in [-0.05, 0) is 44.4 Å². The van der Waals surface area contributed by atoms with E-state index >= 15 is 0 Å². The topological polar surface area (TPSA) is 23.5 Å². The molecule has 1 saturated carbocycles. The van der Waals surface area contributed by atoms with Gasteiger partial charge in [0.05, 0.1) is 11.8 Å². The summed E-state index contributed by atoms with van der Waals surface area (Å²) in [5.74, 6) is -0.217. The van der Waals surface area contributed by atoms with Crippen LogP contribution in [-0.4, -0.2) is 17.7 Å². The van der Waals surface area contributed by atoms with E-state index in [9.17, 15) is 9.50 Å². The standard InChI is InChI=1S/C16H24FNO/c1-3-18(14-7-5-4-6-8-14)16-10-9-13(12(2)19)11-15(16)17/h9-12,14,19H,3-8H2,1-2H3. The molecule has 106 valence electrons. The van der Waals surface area contributed by atoms with Gasteiger partial charge in [-0.15, -0.1) is 0 Å².